The molecule has 2 N–H and O–H groups in total. The largest absolute Gasteiger partial charge is 0.484 e. The first-order chi connectivity index (χ1) is 15.4. The normalized spacial score (nSPS) is 10.7. The van der Waals surface area contributed by atoms with Gasteiger partial charge in [-0.25, -0.2) is 5.43 Å². The molecule has 3 aromatic rings. The van der Waals surface area contributed by atoms with Crippen LogP contribution in [0.3, 0.4) is 0 Å². The van der Waals surface area contributed by atoms with Gasteiger partial charge in [-0.1, -0.05) is 18.2 Å². The minimum atomic E-state index is -0.521. The minimum Gasteiger partial charge on any atom is -0.484 e. The molecule has 0 aliphatic carbocycles. The van der Waals surface area contributed by atoms with E-state index < -0.39 is 16.7 Å². The summed E-state index contributed by atoms with van der Waals surface area (Å²) < 4.78 is 10.9. The Labute approximate surface area is 183 Å². The number of nitro groups is 1. The number of nitrogens with zero attached hydrogens (tertiary/aromatic N) is 2. The smallest absolute Gasteiger partial charge is 0.269 e. The van der Waals surface area contributed by atoms with E-state index in [1.807, 2.05) is 6.07 Å². The van der Waals surface area contributed by atoms with E-state index in [0.717, 1.165) is 0 Å². The van der Waals surface area contributed by atoms with Crippen LogP contribution in [0.25, 0.3) is 11.3 Å². The Morgan fingerprint density at radius 3 is 2.62 bits per heavy atom. The number of hydrogen-bond donors (Lipinski definition) is 2. The van der Waals surface area contributed by atoms with Gasteiger partial charge in [0.2, 0.25) is 0 Å². The van der Waals surface area contributed by atoms with E-state index in [4.69, 9.17) is 9.15 Å². The number of benzene rings is 2. The van der Waals surface area contributed by atoms with Crippen molar-refractivity contribution in [3.05, 3.63) is 82.1 Å². The summed E-state index contributed by atoms with van der Waals surface area (Å²) in [6.45, 7) is 1.27. The van der Waals surface area contributed by atoms with Crippen molar-refractivity contribution in [1.29, 1.82) is 0 Å². The van der Waals surface area contributed by atoms with Crippen LogP contribution < -0.4 is 15.5 Å². The van der Waals surface area contributed by atoms with Gasteiger partial charge >= 0.3 is 0 Å². The van der Waals surface area contributed by atoms with Gasteiger partial charge < -0.3 is 14.5 Å². The Kier molecular flexibility index (Phi) is 7.31. The Balaban J connectivity index is 1.45. The van der Waals surface area contributed by atoms with Gasteiger partial charge in [-0.05, 0) is 42.8 Å². The Bertz CT molecular complexity index is 1140. The molecule has 1 aromatic heterocycles. The number of aryl methyl sites for hydroxylation is 1. The Hall–Kier alpha value is -4.47. The van der Waals surface area contributed by atoms with Crippen molar-refractivity contribution in [2.24, 2.45) is 5.10 Å². The Morgan fingerprint density at radius 1 is 1.12 bits per heavy atom. The van der Waals surface area contributed by atoms with E-state index in [1.54, 1.807) is 49.4 Å². The van der Waals surface area contributed by atoms with Gasteiger partial charge in [-0.2, -0.15) is 5.10 Å². The number of nitrogens with one attached hydrogen (secondary N) is 2. The molecule has 0 radical (unpaired) electrons. The second kappa shape index (κ2) is 10.5. The van der Waals surface area contributed by atoms with Crippen LogP contribution in [0.1, 0.15) is 11.3 Å². The van der Waals surface area contributed by atoms with E-state index in [-0.39, 0.29) is 18.8 Å². The fourth-order valence-corrected chi connectivity index (χ4v) is 2.71. The molecule has 0 spiro atoms. The number of carbonyl (C=O) groups excluding carboxylic acids is 2. The van der Waals surface area contributed by atoms with Crippen LogP contribution in [0, 0.1) is 17.0 Å². The molecule has 164 valence electrons. The predicted molar refractivity (Wildman–Crippen MR) is 116 cm³/mol. The first-order valence-corrected chi connectivity index (χ1v) is 9.54. The second-order valence-electron chi connectivity index (χ2n) is 6.63. The monoisotopic (exact) mass is 436 g/mol. The van der Waals surface area contributed by atoms with Crippen LogP contribution in [0.15, 0.2) is 70.2 Å². The molecule has 0 atom stereocenters. The zero-order chi connectivity index (χ0) is 22.9. The number of para-hydroxylation sites is 1. The summed E-state index contributed by atoms with van der Waals surface area (Å²) in [5.74, 6) is 0.474. The minimum absolute atomic E-state index is 0.000948. The molecule has 0 unspecified atom stereocenters. The molecule has 3 rings (SSSR count). The quantitative estimate of drug-likeness (QED) is 0.301. The highest BCUT2D eigenvalue weighted by Gasteiger charge is 2.12. The summed E-state index contributed by atoms with van der Waals surface area (Å²) in [4.78, 5) is 33.9. The molecule has 10 heteroatoms. The zero-order valence-electron chi connectivity index (χ0n) is 17.1. The number of carbonyl (C=O) groups is 2. The number of ether oxygens (including phenoxy) is 1. The van der Waals surface area contributed by atoms with Gasteiger partial charge in [0.1, 0.15) is 17.3 Å². The highest BCUT2D eigenvalue weighted by atomic mass is 16.6. The van der Waals surface area contributed by atoms with Crippen molar-refractivity contribution in [3.63, 3.8) is 0 Å². The molecule has 32 heavy (non-hydrogen) atoms. The van der Waals surface area contributed by atoms with Crippen molar-refractivity contribution in [2.75, 3.05) is 13.2 Å². The summed E-state index contributed by atoms with van der Waals surface area (Å²) in [5, 5.41) is 17.1. The van der Waals surface area contributed by atoms with Crippen molar-refractivity contribution in [3.8, 4) is 17.1 Å². The number of nitro benzene ring substituents is 1. The number of non-ortho nitro benzene ring substituents is 1. The molecule has 1 heterocycles. The van der Waals surface area contributed by atoms with E-state index in [2.05, 4.69) is 15.8 Å². The maximum atomic E-state index is 11.8. The molecule has 0 bridgehead atoms. The van der Waals surface area contributed by atoms with Gasteiger partial charge in [0.15, 0.2) is 6.61 Å². The van der Waals surface area contributed by atoms with Crippen LogP contribution >= 0.6 is 0 Å². The first-order valence-electron chi connectivity index (χ1n) is 9.54. The average Bonchev–Trinajstić information content (AvgIpc) is 3.25. The standard InChI is InChI=1S/C22H20N4O6/c1-15-11-16(26(29)30)7-9-19(15)20-10-8-18(32-20)12-24-25-21(27)13-23-22(28)14-31-17-5-3-2-4-6-17/h2-12H,13-14H2,1H3,(H,23,28)(H,25,27)/b24-12-. The Morgan fingerprint density at radius 2 is 1.91 bits per heavy atom. The number of rotatable bonds is 9. The van der Waals surface area contributed by atoms with Crippen molar-refractivity contribution < 1.29 is 23.7 Å². The van der Waals surface area contributed by atoms with Crippen molar-refractivity contribution in [2.45, 2.75) is 6.92 Å². The third kappa shape index (κ3) is 6.26. The van der Waals surface area contributed by atoms with E-state index in [9.17, 15) is 19.7 Å². The summed E-state index contributed by atoms with van der Waals surface area (Å²) in [7, 11) is 0. The van der Waals surface area contributed by atoms with Gasteiger partial charge in [0, 0.05) is 17.7 Å². The molecule has 10 nitrogen and oxygen atoms in total. The summed E-state index contributed by atoms with van der Waals surface area (Å²) in [6, 6.07) is 16.7. The molecular weight excluding hydrogens is 416 g/mol. The topological polar surface area (TPSA) is 136 Å². The fourth-order valence-electron chi connectivity index (χ4n) is 2.71. The highest BCUT2D eigenvalue weighted by Crippen LogP contribution is 2.28. The molecule has 0 aliphatic rings. The van der Waals surface area contributed by atoms with E-state index in [0.29, 0.717) is 28.4 Å². The van der Waals surface area contributed by atoms with Crippen LogP contribution in [-0.2, 0) is 9.59 Å². The lowest BCUT2D eigenvalue weighted by Crippen LogP contribution is -2.37. The third-order valence-electron chi connectivity index (χ3n) is 4.25. The molecule has 0 fully saturated rings. The molecule has 0 saturated carbocycles. The zero-order valence-corrected chi connectivity index (χ0v) is 17.1. The second-order valence-corrected chi connectivity index (χ2v) is 6.63. The SMILES string of the molecule is Cc1cc([N+](=O)[O-])ccc1-c1ccc(/C=N\NC(=O)CNC(=O)COc2ccccc2)o1. The molecular formula is C22H20N4O6. The fraction of sp³-hybridized carbons (Fsp3) is 0.136. The van der Waals surface area contributed by atoms with Gasteiger partial charge in [0.05, 0.1) is 17.7 Å². The average molecular weight is 436 g/mol. The third-order valence-corrected chi connectivity index (χ3v) is 4.25. The van der Waals surface area contributed by atoms with Crippen molar-refractivity contribution in [1.82, 2.24) is 10.7 Å². The first kappa shape index (κ1) is 22.2. The lowest BCUT2D eigenvalue weighted by molar-refractivity contribution is -0.384. The molecule has 2 amide bonds. The number of furan rings is 1. The predicted octanol–water partition coefficient (Wildman–Crippen LogP) is 2.81. The van der Waals surface area contributed by atoms with Gasteiger partial charge in [0.25, 0.3) is 17.5 Å². The lowest BCUT2D eigenvalue weighted by atomic mass is 10.1. The van der Waals surface area contributed by atoms with Crippen molar-refractivity contribution >= 4 is 23.7 Å². The van der Waals surface area contributed by atoms with Crippen LogP contribution in [-0.4, -0.2) is 36.1 Å². The van der Waals surface area contributed by atoms with Gasteiger partial charge in [-0.15, -0.1) is 0 Å². The lowest BCUT2D eigenvalue weighted by Gasteiger charge is -2.06. The van der Waals surface area contributed by atoms with Crippen LogP contribution in [0.2, 0.25) is 0 Å². The summed E-state index contributed by atoms with van der Waals surface area (Å²) in [6.07, 6.45) is 1.31. The number of amides is 2. The highest BCUT2D eigenvalue weighted by molar-refractivity contribution is 5.86. The van der Waals surface area contributed by atoms with Crippen LogP contribution in [0.5, 0.6) is 5.75 Å². The maximum Gasteiger partial charge on any atom is 0.269 e. The van der Waals surface area contributed by atoms with E-state index >= 15 is 0 Å². The number of hydrogen-bond acceptors (Lipinski definition) is 7. The summed E-state index contributed by atoms with van der Waals surface area (Å²) >= 11 is 0. The summed E-state index contributed by atoms with van der Waals surface area (Å²) in [5.41, 5.74) is 3.68. The molecule has 0 saturated heterocycles. The van der Waals surface area contributed by atoms with Crippen LogP contribution in [0.4, 0.5) is 5.69 Å². The molecule has 2 aromatic carbocycles. The number of hydrazone groups is 1. The van der Waals surface area contributed by atoms with Gasteiger partial charge in [-0.3, -0.25) is 19.7 Å². The maximum absolute atomic E-state index is 11.8. The molecule has 0 aliphatic heterocycles. The van der Waals surface area contributed by atoms with E-state index in [1.165, 1.54) is 18.3 Å².